The Bertz CT molecular complexity index is 1050. The molecule has 0 spiro atoms. The maximum absolute atomic E-state index is 13.2. The molecule has 162 valence electrons. The number of hydrogen-bond donors (Lipinski definition) is 1. The van der Waals surface area contributed by atoms with Crippen LogP contribution in [0.4, 0.5) is 0 Å². The number of nitriles is 1. The second kappa shape index (κ2) is 8.68. The van der Waals surface area contributed by atoms with E-state index in [1.54, 1.807) is 31.2 Å². The highest BCUT2D eigenvalue weighted by atomic mass is 16.6. The van der Waals surface area contributed by atoms with Crippen molar-refractivity contribution >= 4 is 11.8 Å². The van der Waals surface area contributed by atoms with Gasteiger partial charge < -0.3 is 9.47 Å². The average molecular weight is 421 g/mol. The van der Waals surface area contributed by atoms with E-state index in [1.807, 2.05) is 39.8 Å². The number of fused-ring (bicyclic) bond motifs is 1. The summed E-state index contributed by atoms with van der Waals surface area (Å²) in [6, 6.07) is 12.7. The molecule has 2 amide bonds. The van der Waals surface area contributed by atoms with E-state index in [-0.39, 0.29) is 25.0 Å². The van der Waals surface area contributed by atoms with E-state index in [2.05, 4.69) is 11.5 Å². The fourth-order valence-corrected chi connectivity index (χ4v) is 3.38. The van der Waals surface area contributed by atoms with Gasteiger partial charge in [0.2, 0.25) is 0 Å². The van der Waals surface area contributed by atoms with Crippen molar-refractivity contribution in [2.45, 2.75) is 52.7 Å². The average Bonchev–Trinajstić information content (AvgIpc) is 2.72. The largest absolute Gasteiger partial charge is 0.486 e. The van der Waals surface area contributed by atoms with Gasteiger partial charge >= 0.3 is 0 Å². The molecular formula is C24H27N3O4. The van der Waals surface area contributed by atoms with Crippen LogP contribution in [-0.4, -0.2) is 35.1 Å². The summed E-state index contributed by atoms with van der Waals surface area (Å²) in [5.74, 6) is 0.269. The number of nitrogens with zero attached hydrogens (tertiary/aromatic N) is 2. The first-order valence-corrected chi connectivity index (χ1v) is 10.1. The van der Waals surface area contributed by atoms with Crippen LogP contribution >= 0.6 is 0 Å². The molecule has 7 nitrogen and oxygen atoms in total. The summed E-state index contributed by atoms with van der Waals surface area (Å²) in [5, 5.41) is 10.3. The van der Waals surface area contributed by atoms with Gasteiger partial charge in [0.15, 0.2) is 11.5 Å². The molecule has 0 saturated heterocycles. The summed E-state index contributed by atoms with van der Waals surface area (Å²) >= 11 is 0. The maximum atomic E-state index is 13.2. The first-order chi connectivity index (χ1) is 14.6. The van der Waals surface area contributed by atoms with E-state index in [0.717, 1.165) is 5.56 Å². The van der Waals surface area contributed by atoms with Crippen molar-refractivity contribution < 1.29 is 19.1 Å². The number of aryl methyl sites for hydroxylation is 1. The van der Waals surface area contributed by atoms with Gasteiger partial charge in [-0.1, -0.05) is 18.2 Å². The van der Waals surface area contributed by atoms with Crippen LogP contribution in [0.3, 0.4) is 0 Å². The van der Waals surface area contributed by atoms with Gasteiger partial charge in [-0.05, 0) is 58.4 Å². The van der Waals surface area contributed by atoms with Gasteiger partial charge in [-0.3, -0.25) is 15.0 Å². The number of amides is 2. The number of carbonyl (C=O) groups excluding carboxylic acids is 2. The first-order valence-electron chi connectivity index (χ1n) is 10.1. The molecule has 31 heavy (non-hydrogen) atoms. The predicted molar refractivity (Wildman–Crippen MR) is 116 cm³/mol. The summed E-state index contributed by atoms with van der Waals surface area (Å²) in [5.41, 5.74) is 4.43. The van der Waals surface area contributed by atoms with Crippen LogP contribution in [0.5, 0.6) is 11.5 Å². The number of nitrogens with one attached hydrogen (secondary N) is 1. The Labute approximate surface area is 182 Å². The summed E-state index contributed by atoms with van der Waals surface area (Å²) in [6.07, 6.45) is -0.193. The molecule has 1 aliphatic rings. The number of benzene rings is 2. The minimum absolute atomic E-state index is 0.192. The van der Waals surface area contributed by atoms with Crippen molar-refractivity contribution in [3.63, 3.8) is 0 Å². The molecule has 0 fully saturated rings. The zero-order chi connectivity index (χ0) is 22.8. The normalized spacial score (nSPS) is 15.0. The third kappa shape index (κ3) is 4.64. The number of carbonyl (C=O) groups is 2. The molecule has 7 heteroatoms. The quantitative estimate of drug-likeness (QED) is 0.758. The molecule has 1 aliphatic heterocycles. The van der Waals surface area contributed by atoms with Crippen LogP contribution in [-0.2, 0) is 0 Å². The number of hydrogen-bond acceptors (Lipinski definition) is 5. The van der Waals surface area contributed by atoms with Gasteiger partial charge in [-0.25, -0.2) is 5.01 Å². The highest BCUT2D eigenvalue weighted by Crippen LogP contribution is 2.37. The van der Waals surface area contributed by atoms with Gasteiger partial charge in [0.25, 0.3) is 11.8 Å². The molecule has 1 N–H and O–H groups in total. The van der Waals surface area contributed by atoms with Crippen LogP contribution in [0.2, 0.25) is 0 Å². The molecular weight excluding hydrogens is 394 g/mol. The van der Waals surface area contributed by atoms with Gasteiger partial charge in [0.1, 0.15) is 12.7 Å². The van der Waals surface area contributed by atoms with E-state index < -0.39 is 11.4 Å². The molecule has 0 bridgehead atoms. The monoisotopic (exact) mass is 421 g/mol. The Hall–Kier alpha value is -3.53. The number of ether oxygens (including phenoxy) is 2. The van der Waals surface area contributed by atoms with Crippen molar-refractivity contribution in [2.24, 2.45) is 0 Å². The molecule has 1 atom stereocenters. The SMILES string of the molecule is Cc1ccccc1C(=O)N(NC(=O)c1ccc2c(c1C)OC(CC#N)CO2)C(C)(C)C. The lowest BCUT2D eigenvalue weighted by atomic mass is 10.0. The van der Waals surface area contributed by atoms with Crippen molar-refractivity contribution in [3.8, 4) is 17.6 Å². The Morgan fingerprint density at radius 1 is 1.16 bits per heavy atom. The highest BCUT2D eigenvalue weighted by Gasteiger charge is 2.32. The van der Waals surface area contributed by atoms with Crippen molar-refractivity contribution in [3.05, 3.63) is 58.7 Å². The third-order valence-electron chi connectivity index (χ3n) is 5.11. The molecule has 0 saturated carbocycles. The molecule has 3 rings (SSSR count). The Balaban J connectivity index is 1.90. The molecule has 0 aliphatic carbocycles. The van der Waals surface area contributed by atoms with Crippen molar-refractivity contribution in [1.82, 2.24) is 10.4 Å². The molecule has 1 heterocycles. The van der Waals surface area contributed by atoms with Crippen LogP contribution in [0.15, 0.2) is 36.4 Å². The summed E-state index contributed by atoms with van der Waals surface area (Å²) < 4.78 is 11.6. The van der Waals surface area contributed by atoms with Crippen molar-refractivity contribution in [2.75, 3.05) is 6.61 Å². The van der Waals surface area contributed by atoms with Gasteiger partial charge in [-0.15, -0.1) is 0 Å². The fourth-order valence-electron chi connectivity index (χ4n) is 3.38. The Morgan fingerprint density at radius 3 is 2.52 bits per heavy atom. The molecule has 2 aromatic carbocycles. The van der Waals surface area contributed by atoms with Gasteiger partial charge in [0, 0.05) is 16.7 Å². The minimum atomic E-state index is -0.658. The zero-order valence-corrected chi connectivity index (χ0v) is 18.5. The Kier molecular flexibility index (Phi) is 6.21. The lowest BCUT2D eigenvalue weighted by Gasteiger charge is -2.36. The van der Waals surface area contributed by atoms with E-state index >= 15 is 0 Å². The molecule has 0 radical (unpaired) electrons. The van der Waals surface area contributed by atoms with Crippen LogP contribution in [0.25, 0.3) is 0 Å². The minimum Gasteiger partial charge on any atom is -0.486 e. The van der Waals surface area contributed by atoms with E-state index in [1.165, 1.54) is 5.01 Å². The lowest BCUT2D eigenvalue weighted by Crippen LogP contribution is -2.56. The standard InChI is InChI=1S/C24H27N3O4/c1-15-8-6-7-9-18(15)23(29)27(24(3,4)5)26-22(28)19-10-11-20-21(16(19)2)31-17(12-13-25)14-30-20/h6-11,17H,12,14H2,1-5H3,(H,26,28). The molecule has 0 aromatic heterocycles. The first kappa shape index (κ1) is 22.2. The maximum Gasteiger partial charge on any atom is 0.273 e. The summed E-state index contributed by atoms with van der Waals surface area (Å²) in [7, 11) is 0. The number of rotatable bonds is 3. The van der Waals surface area contributed by atoms with Gasteiger partial charge in [-0.2, -0.15) is 5.26 Å². The highest BCUT2D eigenvalue weighted by molar-refractivity contribution is 6.01. The molecule has 1 unspecified atom stereocenters. The van der Waals surface area contributed by atoms with Crippen molar-refractivity contribution in [1.29, 1.82) is 5.26 Å². The van der Waals surface area contributed by atoms with E-state index in [0.29, 0.717) is 28.2 Å². The van der Waals surface area contributed by atoms with Crippen LogP contribution in [0, 0.1) is 25.2 Å². The zero-order valence-electron chi connectivity index (χ0n) is 18.5. The molecule has 2 aromatic rings. The van der Waals surface area contributed by atoms with Crippen LogP contribution < -0.4 is 14.9 Å². The van der Waals surface area contributed by atoms with Crippen LogP contribution in [0.1, 0.15) is 59.0 Å². The third-order valence-corrected chi connectivity index (χ3v) is 5.11. The summed E-state index contributed by atoms with van der Waals surface area (Å²) in [4.78, 5) is 26.4. The second-order valence-corrected chi connectivity index (χ2v) is 8.55. The van der Waals surface area contributed by atoms with Gasteiger partial charge in [0.05, 0.1) is 18.0 Å². The smallest absolute Gasteiger partial charge is 0.273 e. The second-order valence-electron chi connectivity index (χ2n) is 8.55. The fraction of sp³-hybridized carbons (Fsp3) is 0.375. The lowest BCUT2D eigenvalue weighted by molar-refractivity contribution is 0.0357. The Morgan fingerprint density at radius 2 is 1.87 bits per heavy atom. The van der Waals surface area contributed by atoms with E-state index in [9.17, 15) is 9.59 Å². The van der Waals surface area contributed by atoms with E-state index in [4.69, 9.17) is 14.7 Å². The number of hydrazine groups is 1. The topological polar surface area (TPSA) is 91.7 Å². The summed E-state index contributed by atoms with van der Waals surface area (Å²) in [6.45, 7) is 9.47. The predicted octanol–water partition coefficient (Wildman–Crippen LogP) is 3.94.